The molecule has 0 unspecified atom stereocenters. The standard InChI is InChI=1S/C22H18N6O3/c1-2-28-21(30)18-8-7-16(9-19(18)26-22(28)31)20(29)25-17-11-24-27(13-17)12-15-5-3-14(10-23)4-6-15/h3-9,11,13H,2,12H2,1H3,(H,25,29)(H,26,31). The smallest absolute Gasteiger partial charge is 0.319 e. The lowest BCUT2D eigenvalue weighted by Crippen LogP contribution is -2.34. The largest absolute Gasteiger partial charge is 0.328 e. The van der Waals surface area contributed by atoms with E-state index in [1.807, 2.05) is 12.1 Å². The number of nitrogens with zero attached hydrogens (tertiary/aromatic N) is 4. The van der Waals surface area contributed by atoms with E-state index >= 15 is 0 Å². The van der Waals surface area contributed by atoms with Crippen molar-refractivity contribution in [3.63, 3.8) is 0 Å². The molecule has 0 radical (unpaired) electrons. The predicted octanol–water partition coefficient (Wildman–Crippen LogP) is 2.08. The maximum Gasteiger partial charge on any atom is 0.328 e. The first kappa shape index (κ1) is 19.8. The second-order valence-corrected chi connectivity index (χ2v) is 6.93. The van der Waals surface area contributed by atoms with Gasteiger partial charge in [-0.2, -0.15) is 10.4 Å². The zero-order chi connectivity index (χ0) is 22.0. The van der Waals surface area contributed by atoms with Crippen molar-refractivity contribution in [2.75, 3.05) is 5.32 Å². The average molecular weight is 414 g/mol. The van der Waals surface area contributed by atoms with Crippen molar-refractivity contribution in [2.24, 2.45) is 0 Å². The minimum Gasteiger partial charge on any atom is -0.319 e. The van der Waals surface area contributed by atoms with E-state index in [-0.39, 0.29) is 12.5 Å². The zero-order valence-corrected chi connectivity index (χ0v) is 16.6. The van der Waals surface area contributed by atoms with Crippen LogP contribution in [0.5, 0.6) is 0 Å². The number of nitrogens with one attached hydrogen (secondary N) is 2. The third-order valence-corrected chi connectivity index (χ3v) is 4.88. The number of nitriles is 1. The van der Waals surface area contributed by atoms with Gasteiger partial charge in [-0.05, 0) is 42.8 Å². The van der Waals surface area contributed by atoms with Crippen LogP contribution in [-0.2, 0) is 13.1 Å². The number of hydrogen-bond acceptors (Lipinski definition) is 5. The van der Waals surface area contributed by atoms with Crippen LogP contribution in [0.2, 0.25) is 0 Å². The van der Waals surface area contributed by atoms with E-state index in [1.165, 1.54) is 18.3 Å². The number of H-pyrrole nitrogens is 1. The molecule has 9 heteroatoms. The number of aromatic nitrogens is 4. The lowest BCUT2D eigenvalue weighted by Gasteiger charge is -2.06. The van der Waals surface area contributed by atoms with Crippen LogP contribution in [-0.4, -0.2) is 25.2 Å². The Morgan fingerprint density at radius 2 is 1.97 bits per heavy atom. The fourth-order valence-corrected chi connectivity index (χ4v) is 3.27. The molecule has 4 rings (SSSR count). The first-order valence-corrected chi connectivity index (χ1v) is 9.58. The van der Waals surface area contributed by atoms with E-state index in [2.05, 4.69) is 21.5 Å². The van der Waals surface area contributed by atoms with Gasteiger partial charge in [0.1, 0.15) is 0 Å². The molecule has 0 spiro atoms. The Balaban J connectivity index is 1.52. The molecule has 31 heavy (non-hydrogen) atoms. The lowest BCUT2D eigenvalue weighted by atomic mass is 10.1. The molecule has 1 amide bonds. The molecule has 0 atom stereocenters. The number of rotatable bonds is 5. The summed E-state index contributed by atoms with van der Waals surface area (Å²) in [5, 5.41) is 16.2. The van der Waals surface area contributed by atoms with Crippen LogP contribution in [0.15, 0.2) is 64.4 Å². The van der Waals surface area contributed by atoms with Gasteiger partial charge in [0, 0.05) is 18.3 Å². The monoisotopic (exact) mass is 414 g/mol. The van der Waals surface area contributed by atoms with E-state index < -0.39 is 11.2 Å². The molecule has 9 nitrogen and oxygen atoms in total. The van der Waals surface area contributed by atoms with Crippen molar-refractivity contribution < 1.29 is 4.79 Å². The Kier molecular flexibility index (Phi) is 5.20. The summed E-state index contributed by atoms with van der Waals surface area (Å²) in [4.78, 5) is 39.7. The zero-order valence-electron chi connectivity index (χ0n) is 16.6. The van der Waals surface area contributed by atoms with Crippen LogP contribution in [0, 0.1) is 11.3 Å². The Morgan fingerprint density at radius 3 is 2.68 bits per heavy atom. The highest BCUT2D eigenvalue weighted by molar-refractivity contribution is 6.05. The molecular formula is C22H18N6O3. The van der Waals surface area contributed by atoms with E-state index in [1.54, 1.807) is 36.0 Å². The number of carbonyl (C=O) groups is 1. The van der Waals surface area contributed by atoms with Crippen LogP contribution in [0.1, 0.15) is 28.4 Å². The summed E-state index contributed by atoms with van der Waals surface area (Å²) in [6.45, 7) is 2.47. The van der Waals surface area contributed by atoms with Crippen LogP contribution in [0.4, 0.5) is 5.69 Å². The van der Waals surface area contributed by atoms with Gasteiger partial charge < -0.3 is 10.3 Å². The number of anilines is 1. The van der Waals surface area contributed by atoms with Crippen LogP contribution in [0.25, 0.3) is 10.9 Å². The fraction of sp³-hybridized carbons (Fsp3) is 0.136. The summed E-state index contributed by atoms with van der Waals surface area (Å²) in [5.74, 6) is -0.389. The highest BCUT2D eigenvalue weighted by Gasteiger charge is 2.12. The number of carbonyl (C=O) groups excluding carboxylic acids is 1. The molecule has 154 valence electrons. The lowest BCUT2D eigenvalue weighted by molar-refractivity contribution is 0.102. The van der Waals surface area contributed by atoms with Gasteiger partial charge in [0.2, 0.25) is 0 Å². The van der Waals surface area contributed by atoms with Gasteiger partial charge in [0.25, 0.3) is 11.5 Å². The van der Waals surface area contributed by atoms with Crippen molar-refractivity contribution in [3.05, 3.63) is 92.4 Å². The van der Waals surface area contributed by atoms with Gasteiger partial charge in [-0.25, -0.2) is 4.79 Å². The molecule has 0 fully saturated rings. The number of amides is 1. The minimum atomic E-state index is -0.512. The first-order chi connectivity index (χ1) is 15.0. The molecule has 2 aromatic heterocycles. The average Bonchev–Trinajstić information content (AvgIpc) is 3.20. The van der Waals surface area contributed by atoms with Gasteiger partial charge in [-0.3, -0.25) is 18.8 Å². The highest BCUT2D eigenvalue weighted by Crippen LogP contribution is 2.13. The Labute approximate surface area is 176 Å². The fourth-order valence-electron chi connectivity index (χ4n) is 3.27. The number of fused-ring (bicyclic) bond motifs is 1. The SMILES string of the molecule is CCn1c(=O)[nH]c2cc(C(=O)Nc3cnn(Cc4ccc(C#N)cc4)c3)ccc2c1=O. The van der Waals surface area contributed by atoms with E-state index in [0.29, 0.717) is 34.3 Å². The first-order valence-electron chi connectivity index (χ1n) is 9.58. The van der Waals surface area contributed by atoms with Gasteiger partial charge in [0.05, 0.1) is 41.0 Å². The molecule has 0 saturated carbocycles. The van der Waals surface area contributed by atoms with E-state index in [9.17, 15) is 14.4 Å². The maximum atomic E-state index is 12.6. The number of aromatic amines is 1. The molecule has 0 aliphatic heterocycles. The third-order valence-electron chi connectivity index (χ3n) is 4.88. The summed E-state index contributed by atoms with van der Waals surface area (Å²) in [6.07, 6.45) is 3.23. The molecule has 2 aromatic carbocycles. The minimum absolute atomic E-state index is 0.263. The molecule has 0 aliphatic rings. The van der Waals surface area contributed by atoms with Gasteiger partial charge in [-0.1, -0.05) is 12.1 Å². The van der Waals surface area contributed by atoms with Crippen molar-refractivity contribution >= 4 is 22.5 Å². The van der Waals surface area contributed by atoms with Gasteiger partial charge in [-0.15, -0.1) is 0 Å². The summed E-state index contributed by atoms with van der Waals surface area (Å²) in [6, 6.07) is 13.8. The second-order valence-electron chi connectivity index (χ2n) is 6.93. The maximum absolute atomic E-state index is 12.6. The summed E-state index contributed by atoms with van der Waals surface area (Å²) in [7, 11) is 0. The van der Waals surface area contributed by atoms with Crippen molar-refractivity contribution in [1.29, 1.82) is 5.26 Å². The highest BCUT2D eigenvalue weighted by atomic mass is 16.2. The van der Waals surface area contributed by atoms with E-state index in [4.69, 9.17) is 5.26 Å². The summed E-state index contributed by atoms with van der Waals surface area (Å²) < 4.78 is 2.77. The molecule has 0 saturated heterocycles. The molecule has 0 aliphatic carbocycles. The normalized spacial score (nSPS) is 10.7. The number of benzene rings is 2. The molecule has 2 heterocycles. The van der Waals surface area contributed by atoms with Crippen LogP contribution in [0.3, 0.4) is 0 Å². The summed E-state index contributed by atoms with van der Waals surface area (Å²) >= 11 is 0. The molecule has 2 N–H and O–H groups in total. The number of hydrogen-bond donors (Lipinski definition) is 2. The quantitative estimate of drug-likeness (QED) is 0.517. The van der Waals surface area contributed by atoms with Crippen LogP contribution >= 0.6 is 0 Å². The predicted molar refractivity (Wildman–Crippen MR) is 115 cm³/mol. The van der Waals surface area contributed by atoms with Gasteiger partial charge in [0.15, 0.2) is 0 Å². The summed E-state index contributed by atoms with van der Waals surface area (Å²) in [5.41, 5.74) is 1.77. The van der Waals surface area contributed by atoms with Crippen LogP contribution < -0.4 is 16.6 Å². The van der Waals surface area contributed by atoms with Crippen molar-refractivity contribution in [2.45, 2.75) is 20.0 Å². The molecule has 4 aromatic rings. The molecule has 0 bridgehead atoms. The molecular weight excluding hydrogens is 396 g/mol. The van der Waals surface area contributed by atoms with Crippen molar-refractivity contribution in [1.82, 2.24) is 19.3 Å². The Morgan fingerprint density at radius 1 is 1.19 bits per heavy atom. The second kappa shape index (κ2) is 8.12. The topological polar surface area (TPSA) is 126 Å². The Hall–Kier alpha value is -4.45. The van der Waals surface area contributed by atoms with Crippen molar-refractivity contribution in [3.8, 4) is 6.07 Å². The van der Waals surface area contributed by atoms with Gasteiger partial charge >= 0.3 is 5.69 Å². The third kappa shape index (κ3) is 4.00. The van der Waals surface area contributed by atoms with E-state index in [0.717, 1.165) is 10.1 Å². The Bertz CT molecular complexity index is 1440.